The molecule has 1 aromatic rings. The molecule has 1 aliphatic heterocycles. The molecule has 3 heteroatoms. The van der Waals surface area contributed by atoms with Gasteiger partial charge in [0.2, 0.25) is 0 Å². The van der Waals surface area contributed by atoms with Gasteiger partial charge < -0.3 is 10.2 Å². The van der Waals surface area contributed by atoms with Crippen molar-refractivity contribution in [1.29, 1.82) is 0 Å². The number of likely N-dealkylation sites (tertiary alicyclic amines) is 1. The van der Waals surface area contributed by atoms with E-state index in [4.69, 9.17) is 0 Å². The lowest BCUT2D eigenvalue weighted by Crippen LogP contribution is -2.45. The lowest BCUT2D eigenvalue weighted by molar-refractivity contribution is 0.168. The SMILES string of the molecule is CC(C)C(NC(C)C1CCCN(C)C1)c1cccs1. The summed E-state index contributed by atoms with van der Waals surface area (Å²) >= 11 is 1.88. The molecule has 0 bridgehead atoms. The molecule has 0 saturated carbocycles. The van der Waals surface area contributed by atoms with E-state index in [1.165, 1.54) is 30.8 Å². The summed E-state index contributed by atoms with van der Waals surface area (Å²) in [5.74, 6) is 1.43. The molecule has 19 heavy (non-hydrogen) atoms. The van der Waals surface area contributed by atoms with Gasteiger partial charge in [-0.15, -0.1) is 11.3 Å². The quantitative estimate of drug-likeness (QED) is 0.883. The number of nitrogens with one attached hydrogen (secondary N) is 1. The van der Waals surface area contributed by atoms with Crippen LogP contribution in [0.5, 0.6) is 0 Å². The maximum atomic E-state index is 3.89. The van der Waals surface area contributed by atoms with Crippen LogP contribution in [0.3, 0.4) is 0 Å². The third kappa shape index (κ3) is 4.04. The van der Waals surface area contributed by atoms with Gasteiger partial charge in [-0.3, -0.25) is 0 Å². The first-order valence-electron chi connectivity index (χ1n) is 7.56. The Morgan fingerprint density at radius 1 is 1.37 bits per heavy atom. The summed E-state index contributed by atoms with van der Waals surface area (Å²) in [6, 6.07) is 5.53. The standard InChI is InChI=1S/C16H28N2S/c1-12(2)16(15-8-6-10-19-15)17-13(3)14-7-5-9-18(4)11-14/h6,8,10,12-14,16-17H,5,7,9,11H2,1-4H3. The molecular formula is C16H28N2S. The Labute approximate surface area is 122 Å². The Hall–Kier alpha value is -0.380. The second-order valence-corrected chi connectivity index (χ2v) is 7.34. The molecule has 0 amide bonds. The topological polar surface area (TPSA) is 15.3 Å². The normalized spacial score (nSPS) is 24.6. The van der Waals surface area contributed by atoms with Crippen molar-refractivity contribution in [2.75, 3.05) is 20.1 Å². The number of rotatable bonds is 5. The minimum absolute atomic E-state index is 0.502. The molecule has 1 N–H and O–H groups in total. The van der Waals surface area contributed by atoms with Crippen molar-refractivity contribution < 1.29 is 0 Å². The van der Waals surface area contributed by atoms with Crippen molar-refractivity contribution in [2.24, 2.45) is 11.8 Å². The zero-order valence-corrected chi connectivity index (χ0v) is 13.5. The fraction of sp³-hybridized carbons (Fsp3) is 0.750. The van der Waals surface area contributed by atoms with Gasteiger partial charge in [0.05, 0.1) is 0 Å². The third-order valence-electron chi connectivity index (χ3n) is 4.33. The summed E-state index contributed by atoms with van der Waals surface area (Å²) < 4.78 is 0. The van der Waals surface area contributed by atoms with Gasteiger partial charge in [0, 0.05) is 23.5 Å². The van der Waals surface area contributed by atoms with Crippen LogP contribution in [0.15, 0.2) is 17.5 Å². The predicted octanol–water partition coefficient (Wildman–Crippen LogP) is 3.77. The fourth-order valence-corrected chi connectivity index (χ4v) is 4.06. The Kier molecular flexibility index (Phi) is 5.43. The highest BCUT2D eigenvalue weighted by Gasteiger charge is 2.26. The van der Waals surface area contributed by atoms with Gasteiger partial charge >= 0.3 is 0 Å². The summed E-state index contributed by atoms with van der Waals surface area (Å²) in [6.07, 6.45) is 2.71. The maximum absolute atomic E-state index is 3.89. The Morgan fingerprint density at radius 2 is 2.16 bits per heavy atom. The van der Waals surface area contributed by atoms with Crippen molar-refractivity contribution in [3.05, 3.63) is 22.4 Å². The van der Waals surface area contributed by atoms with Crippen LogP contribution in [-0.4, -0.2) is 31.1 Å². The van der Waals surface area contributed by atoms with Crippen LogP contribution in [-0.2, 0) is 0 Å². The van der Waals surface area contributed by atoms with Gasteiger partial charge in [-0.1, -0.05) is 19.9 Å². The zero-order chi connectivity index (χ0) is 13.8. The van der Waals surface area contributed by atoms with Gasteiger partial charge in [-0.2, -0.15) is 0 Å². The highest BCUT2D eigenvalue weighted by atomic mass is 32.1. The molecule has 1 fully saturated rings. The summed E-state index contributed by atoms with van der Waals surface area (Å²) in [6.45, 7) is 9.51. The van der Waals surface area contributed by atoms with Crippen molar-refractivity contribution >= 4 is 11.3 Å². The van der Waals surface area contributed by atoms with E-state index in [2.05, 4.69) is 55.5 Å². The van der Waals surface area contributed by atoms with E-state index in [-0.39, 0.29) is 0 Å². The molecule has 3 atom stereocenters. The van der Waals surface area contributed by atoms with Crippen LogP contribution in [0, 0.1) is 11.8 Å². The van der Waals surface area contributed by atoms with Crippen LogP contribution in [0.2, 0.25) is 0 Å². The molecule has 0 aromatic carbocycles. The fourth-order valence-electron chi connectivity index (χ4n) is 3.11. The predicted molar refractivity (Wildman–Crippen MR) is 84.7 cm³/mol. The molecule has 1 saturated heterocycles. The van der Waals surface area contributed by atoms with Crippen molar-refractivity contribution in [2.45, 2.75) is 45.7 Å². The smallest absolute Gasteiger partial charge is 0.0440 e. The molecule has 0 spiro atoms. The summed E-state index contributed by atoms with van der Waals surface area (Å²) in [4.78, 5) is 3.95. The largest absolute Gasteiger partial charge is 0.306 e. The van der Waals surface area contributed by atoms with E-state index in [1.54, 1.807) is 0 Å². The second kappa shape index (κ2) is 6.87. The zero-order valence-electron chi connectivity index (χ0n) is 12.7. The number of thiophene rings is 1. The van der Waals surface area contributed by atoms with Crippen molar-refractivity contribution in [3.8, 4) is 0 Å². The average molecular weight is 280 g/mol. The van der Waals surface area contributed by atoms with Crippen molar-refractivity contribution in [3.63, 3.8) is 0 Å². The minimum Gasteiger partial charge on any atom is -0.306 e. The van der Waals surface area contributed by atoms with E-state index < -0.39 is 0 Å². The summed E-state index contributed by atoms with van der Waals surface area (Å²) in [5, 5.41) is 6.08. The maximum Gasteiger partial charge on any atom is 0.0440 e. The molecular weight excluding hydrogens is 252 g/mol. The van der Waals surface area contributed by atoms with Gasteiger partial charge in [0.15, 0.2) is 0 Å². The summed E-state index contributed by atoms with van der Waals surface area (Å²) in [7, 11) is 2.25. The molecule has 1 aliphatic rings. The highest BCUT2D eigenvalue weighted by Crippen LogP contribution is 2.28. The van der Waals surface area contributed by atoms with Crippen LogP contribution in [0.25, 0.3) is 0 Å². The highest BCUT2D eigenvalue weighted by molar-refractivity contribution is 7.10. The van der Waals surface area contributed by atoms with Crippen LogP contribution < -0.4 is 5.32 Å². The van der Waals surface area contributed by atoms with E-state index >= 15 is 0 Å². The molecule has 3 unspecified atom stereocenters. The van der Waals surface area contributed by atoms with Gasteiger partial charge in [-0.25, -0.2) is 0 Å². The molecule has 2 nitrogen and oxygen atoms in total. The number of hydrogen-bond donors (Lipinski definition) is 1. The third-order valence-corrected chi connectivity index (χ3v) is 5.28. The Morgan fingerprint density at radius 3 is 2.74 bits per heavy atom. The van der Waals surface area contributed by atoms with E-state index in [0.717, 1.165) is 5.92 Å². The monoisotopic (exact) mass is 280 g/mol. The van der Waals surface area contributed by atoms with Gasteiger partial charge in [0.25, 0.3) is 0 Å². The molecule has 0 radical (unpaired) electrons. The van der Waals surface area contributed by atoms with Gasteiger partial charge in [0.1, 0.15) is 0 Å². The summed E-state index contributed by atoms with van der Waals surface area (Å²) in [5.41, 5.74) is 0. The van der Waals surface area contributed by atoms with Crippen LogP contribution in [0.1, 0.15) is 44.5 Å². The first kappa shape index (κ1) is 15.0. The first-order valence-corrected chi connectivity index (χ1v) is 8.44. The average Bonchev–Trinajstić information content (AvgIpc) is 2.88. The molecule has 0 aliphatic carbocycles. The number of hydrogen-bond acceptors (Lipinski definition) is 3. The molecule has 2 rings (SSSR count). The van der Waals surface area contributed by atoms with E-state index in [1.807, 2.05) is 11.3 Å². The first-order chi connectivity index (χ1) is 9.08. The molecule has 2 heterocycles. The second-order valence-electron chi connectivity index (χ2n) is 6.36. The van der Waals surface area contributed by atoms with Crippen molar-refractivity contribution in [1.82, 2.24) is 10.2 Å². The number of piperidine rings is 1. The minimum atomic E-state index is 0.502. The lowest BCUT2D eigenvalue weighted by atomic mass is 9.90. The Bertz CT molecular complexity index is 361. The lowest BCUT2D eigenvalue weighted by Gasteiger charge is -2.36. The van der Waals surface area contributed by atoms with E-state index in [0.29, 0.717) is 18.0 Å². The van der Waals surface area contributed by atoms with E-state index in [9.17, 15) is 0 Å². The van der Waals surface area contributed by atoms with Crippen LogP contribution in [0.4, 0.5) is 0 Å². The molecule has 1 aromatic heterocycles. The van der Waals surface area contributed by atoms with Crippen LogP contribution >= 0.6 is 11.3 Å². The number of nitrogens with zero attached hydrogens (tertiary/aromatic N) is 1. The molecule has 108 valence electrons. The Balaban J connectivity index is 1.97. The van der Waals surface area contributed by atoms with Gasteiger partial charge in [-0.05, 0) is 56.6 Å².